The topological polar surface area (TPSA) is 71.3 Å². The van der Waals surface area contributed by atoms with E-state index in [1.807, 2.05) is 31.2 Å². The number of halogens is 1. The molecule has 2 heterocycles. The van der Waals surface area contributed by atoms with Crippen LogP contribution in [-0.2, 0) is 6.42 Å². The maximum absolute atomic E-state index is 13.6. The highest BCUT2D eigenvalue weighted by Crippen LogP contribution is 2.37. The van der Waals surface area contributed by atoms with Crippen molar-refractivity contribution in [3.8, 4) is 11.4 Å². The van der Waals surface area contributed by atoms with Gasteiger partial charge < -0.3 is 9.84 Å². The Labute approximate surface area is 193 Å². The lowest BCUT2D eigenvalue weighted by Crippen LogP contribution is -2.46. The van der Waals surface area contributed by atoms with Crippen molar-refractivity contribution >= 4 is 11.6 Å². The number of urea groups is 1. The summed E-state index contributed by atoms with van der Waals surface area (Å²) in [4.78, 5) is 19.4. The fourth-order valence-corrected chi connectivity index (χ4v) is 3.96. The number of carbonyl (C=O) groups is 1. The average molecular weight is 449 g/mol. The summed E-state index contributed by atoms with van der Waals surface area (Å²) in [5.74, 6) is 0.935. The Balaban J connectivity index is 1.76. The predicted octanol–water partition coefficient (Wildman–Crippen LogP) is 5.98. The third kappa shape index (κ3) is 4.82. The second-order valence-corrected chi connectivity index (χ2v) is 8.74. The standard InChI is InChI=1S/C26H29FN4O2/c1-5-18-6-8-20(9-7-18)24-29-25(33-30-24)22-17(4)31(15-14-16(2)3)26(32)28-23(22)19-10-12-21(27)13-11-19/h6-13,16,23H,5,14-15H2,1-4H3,(H,28,32). The maximum Gasteiger partial charge on any atom is 0.322 e. The van der Waals surface area contributed by atoms with E-state index in [2.05, 4.69) is 36.2 Å². The molecule has 1 aliphatic rings. The van der Waals surface area contributed by atoms with E-state index < -0.39 is 6.04 Å². The van der Waals surface area contributed by atoms with E-state index >= 15 is 0 Å². The van der Waals surface area contributed by atoms with Crippen molar-refractivity contribution in [1.82, 2.24) is 20.4 Å². The zero-order valence-corrected chi connectivity index (χ0v) is 19.4. The first-order chi connectivity index (χ1) is 15.9. The summed E-state index contributed by atoms with van der Waals surface area (Å²) in [6.45, 7) is 8.82. The Hall–Kier alpha value is -3.48. The molecule has 1 aliphatic heterocycles. The lowest BCUT2D eigenvalue weighted by atomic mass is 9.94. The second-order valence-electron chi connectivity index (χ2n) is 8.74. The molecule has 0 bridgehead atoms. The van der Waals surface area contributed by atoms with Crippen molar-refractivity contribution in [1.29, 1.82) is 0 Å². The summed E-state index contributed by atoms with van der Waals surface area (Å²) in [5, 5.41) is 7.25. The lowest BCUT2D eigenvalue weighted by molar-refractivity contribution is 0.202. The molecule has 1 atom stereocenters. The molecule has 4 rings (SSSR count). The summed E-state index contributed by atoms with van der Waals surface area (Å²) in [5.41, 5.74) is 4.30. The quantitative estimate of drug-likeness (QED) is 0.482. The van der Waals surface area contributed by atoms with Crippen molar-refractivity contribution in [3.05, 3.63) is 77.1 Å². The van der Waals surface area contributed by atoms with Crippen LogP contribution in [0.15, 0.2) is 58.8 Å². The molecule has 0 fully saturated rings. The monoisotopic (exact) mass is 448 g/mol. The van der Waals surface area contributed by atoms with Crippen LogP contribution < -0.4 is 5.32 Å². The summed E-state index contributed by atoms with van der Waals surface area (Å²) in [7, 11) is 0. The summed E-state index contributed by atoms with van der Waals surface area (Å²) in [6.07, 6.45) is 1.81. The lowest BCUT2D eigenvalue weighted by Gasteiger charge is -2.35. The number of amides is 2. The molecule has 1 N–H and O–H groups in total. The third-order valence-electron chi connectivity index (χ3n) is 6.01. The number of nitrogens with zero attached hydrogens (tertiary/aromatic N) is 3. The van der Waals surface area contributed by atoms with Crippen molar-refractivity contribution in [2.24, 2.45) is 5.92 Å². The number of aryl methyl sites for hydroxylation is 1. The Morgan fingerprint density at radius 3 is 2.45 bits per heavy atom. The van der Waals surface area contributed by atoms with E-state index in [1.54, 1.807) is 17.0 Å². The molecule has 3 aromatic rings. The highest BCUT2D eigenvalue weighted by atomic mass is 19.1. The molecule has 0 radical (unpaired) electrons. The molecule has 0 saturated carbocycles. The highest BCUT2D eigenvalue weighted by Gasteiger charge is 2.35. The number of aromatic nitrogens is 2. The van der Waals surface area contributed by atoms with Gasteiger partial charge in [-0.15, -0.1) is 0 Å². The molecule has 0 aliphatic carbocycles. The molecule has 6 nitrogen and oxygen atoms in total. The minimum atomic E-state index is -0.524. The molecular weight excluding hydrogens is 419 g/mol. The first-order valence-electron chi connectivity index (χ1n) is 11.3. The summed E-state index contributed by atoms with van der Waals surface area (Å²) in [6, 6.07) is 13.4. The SMILES string of the molecule is CCc1ccc(-c2noc(C3=C(C)N(CCC(C)C)C(=O)NC3c3ccc(F)cc3)n2)cc1. The number of rotatable bonds is 7. The number of allylic oxidation sites excluding steroid dienone is 1. The van der Waals surface area contributed by atoms with Crippen LogP contribution in [0.3, 0.4) is 0 Å². The van der Waals surface area contributed by atoms with E-state index in [0.717, 1.165) is 29.7 Å². The molecule has 172 valence electrons. The minimum Gasteiger partial charge on any atom is -0.334 e. The fourth-order valence-electron chi connectivity index (χ4n) is 3.96. The van der Waals surface area contributed by atoms with Gasteiger partial charge in [-0.25, -0.2) is 9.18 Å². The molecule has 1 unspecified atom stereocenters. The van der Waals surface area contributed by atoms with Crippen LogP contribution in [0.2, 0.25) is 0 Å². The van der Waals surface area contributed by atoms with E-state index in [1.165, 1.54) is 17.7 Å². The Kier molecular flexibility index (Phi) is 6.58. The minimum absolute atomic E-state index is 0.193. The fraction of sp³-hybridized carbons (Fsp3) is 0.346. The zero-order valence-electron chi connectivity index (χ0n) is 19.4. The van der Waals surface area contributed by atoms with Crippen LogP contribution in [0.4, 0.5) is 9.18 Å². The molecule has 2 amide bonds. The first-order valence-corrected chi connectivity index (χ1v) is 11.3. The number of hydrogen-bond donors (Lipinski definition) is 1. The first kappa shape index (κ1) is 22.7. The predicted molar refractivity (Wildman–Crippen MR) is 126 cm³/mol. The van der Waals surface area contributed by atoms with Gasteiger partial charge >= 0.3 is 6.03 Å². The van der Waals surface area contributed by atoms with Gasteiger partial charge in [0.05, 0.1) is 11.6 Å². The molecule has 1 aromatic heterocycles. The number of benzene rings is 2. The van der Waals surface area contributed by atoms with Crippen LogP contribution in [0.5, 0.6) is 0 Å². The largest absolute Gasteiger partial charge is 0.334 e. The van der Waals surface area contributed by atoms with E-state index in [4.69, 9.17) is 4.52 Å². The summed E-state index contributed by atoms with van der Waals surface area (Å²) < 4.78 is 19.3. The number of carbonyl (C=O) groups excluding carboxylic acids is 1. The molecule has 7 heteroatoms. The Morgan fingerprint density at radius 2 is 1.82 bits per heavy atom. The molecular formula is C26H29FN4O2. The smallest absolute Gasteiger partial charge is 0.322 e. The van der Waals surface area contributed by atoms with Crippen LogP contribution in [0, 0.1) is 11.7 Å². The van der Waals surface area contributed by atoms with Gasteiger partial charge in [0, 0.05) is 17.8 Å². The van der Waals surface area contributed by atoms with Gasteiger partial charge in [-0.05, 0) is 48.9 Å². The van der Waals surface area contributed by atoms with Crippen LogP contribution >= 0.6 is 0 Å². The van der Waals surface area contributed by atoms with Gasteiger partial charge in [0.25, 0.3) is 5.89 Å². The van der Waals surface area contributed by atoms with Gasteiger partial charge in [-0.3, -0.25) is 4.90 Å². The van der Waals surface area contributed by atoms with Gasteiger partial charge in [-0.2, -0.15) is 4.98 Å². The second kappa shape index (κ2) is 9.57. The molecule has 33 heavy (non-hydrogen) atoms. The maximum atomic E-state index is 13.6. The Bertz CT molecular complexity index is 1150. The van der Waals surface area contributed by atoms with Crippen LogP contribution in [0.1, 0.15) is 57.2 Å². The normalized spacial score (nSPS) is 16.5. The number of nitrogens with one attached hydrogen (secondary N) is 1. The summed E-state index contributed by atoms with van der Waals surface area (Å²) >= 11 is 0. The zero-order chi connectivity index (χ0) is 23.5. The molecule has 0 saturated heterocycles. The van der Waals surface area contributed by atoms with Crippen LogP contribution in [-0.4, -0.2) is 27.6 Å². The third-order valence-corrected chi connectivity index (χ3v) is 6.01. The van der Waals surface area contributed by atoms with Crippen molar-refractivity contribution in [3.63, 3.8) is 0 Å². The van der Waals surface area contributed by atoms with Crippen molar-refractivity contribution in [2.75, 3.05) is 6.54 Å². The van der Waals surface area contributed by atoms with E-state index in [0.29, 0.717) is 29.8 Å². The van der Waals surface area contributed by atoms with Gasteiger partial charge in [0.2, 0.25) is 5.82 Å². The van der Waals surface area contributed by atoms with E-state index in [-0.39, 0.29) is 11.8 Å². The molecule has 0 spiro atoms. The molecule has 2 aromatic carbocycles. The van der Waals surface area contributed by atoms with Gasteiger partial charge in [0.1, 0.15) is 5.82 Å². The van der Waals surface area contributed by atoms with Crippen LogP contribution in [0.25, 0.3) is 17.0 Å². The van der Waals surface area contributed by atoms with Gasteiger partial charge in [0.15, 0.2) is 0 Å². The van der Waals surface area contributed by atoms with Gasteiger partial charge in [-0.1, -0.05) is 62.3 Å². The highest BCUT2D eigenvalue weighted by molar-refractivity contribution is 5.86. The number of hydrogen-bond acceptors (Lipinski definition) is 4. The average Bonchev–Trinajstić information content (AvgIpc) is 3.28. The Morgan fingerprint density at radius 1 is 1.12 bits per heavy atom. The van der Waals surface area contributed by atoms with Crippen molar-refractivity contribution in [2.45, 2.75) is 46.6 Å². The van der Waals surface area contributed by atoms with E-state index in [9.17, 15) is 9.18 Å². The van der Waals surface area contributed by atoms with Crippen molar-refractivity contribution < 1.29 is 13.7 Å².